The summed E-state index contributed by atoms with van der Waals surface area (Å²) in [5, 5.41) is 3.06. The predicted molar refractivity (Wildman–Crippen MR) is 90.2 cm³/mol. The molecule has 1 atom stereocenters. The lowest BCUT2D eigenvalue weighted by Gasteiger charge is -2.32. The van der Waals surface area contributed by atoms with Gasteiger partial charge in [0.15, 0.2) is 0 Å². The van der Waals surface area contributed by atoms with Crippen LogP contribution in [0.5, 0.6) is 0 Å². The molecule has 6 nitrogen and oxygen atoms in total. The standard InChI is InChI=1S/C18H27N3O3/c1-20(2)15(16-4-3-11-24-16)12-19-17(22)13-7-9-21(10-8-13)18(23)14-5-6-14/h3-4,11,13-15H,5-10,12H2,1-2H3,(H,19,22). The van der Waals surface area contributed by atoms with E-state index >= 15 is 0 Å². The fourth-order valence-corrected chi connectivity index (χ4v) is 3.31. The Balaban J connectivity index is 1.46. The molecule has 0 spiro atoms. The maximum atomic E-state index is 12.5. The van der Waals surface area contributed by atoms with E-state index in [0.717, 1.165) is 31.4 Å². The van der Waals surface area contributed by atoms with Gasteiger partial charge in [0, 0.05) is 31.5 Å². The zero-order valence-electron chi connectivity index (χ0n) is 14.5. The van der Waals surface area contributed by atoms with E-state index < -0.39 is 0 Å². The van der Waals surface area contributed by atoms with Gasteiger partial charge in [0.1, 0.15) is 5.76 Å². The smallest absolute Gasteiger partial charge is 0.225 e. The minimum absolute atomic E-state index is 0.00710. The molecule has 1 saturated heterocycles. The van der Waals surface area contributed by atoms with Crippen molar-refractivity contribution in [2.75, 3.05) is 33.7 Å². The summed E-state index contributed by atoms with van der Waals surface area (Å²) >= 11 is 0. The number of likely N-dealkylation sites (tertiary alicyclic amines) is 1. The number of rotatable bonds is 6. The maximum Gasteiger partial charge on any atom is 0.225 e. The van der Waals surface area contributed by atoms with E-state index in [1.165, 1.54) is 0 Å². The Labute approximate surface area is 143 Å². The first-order valence-corrected chi connectivity index (χ1v) is 8.82. The van der Waals surface area contributed by atoms with Crippen LogP contribution in [0, 0.1) is 11.8 Å². The van der Waals surface area contributed by atoms with Crippen LogP contribution >= 0.6 is 0 Å². The van der Waals surface area contributed by atoms with Crippen molar-refractivity contribution >= 4 is 11.8 Å². The third kappa shape index (κ3) is 3.98. The Kier molecular flexibility index (Phi) is 5.23. The molecule has 2 fully saturated rings. The summed E-state index contributed by atoms with van der Waals surface area (Å²) in [5.41, 5.74) is 0. The van der Waals surface area contributed by atoms with Gasteiger partial charge >= 0.3 is 0 Å². The molecule has 2 aliphatic rings. The molecule has 1 unspecified atom stereocenters. The van der Waals surface area contributed by atoms with Gasteiger partial charge < -0.3 is 14.6 Å². The topological polar surface area (TPSA) is 65.8 Å². The van der Waals surface area contributed by atoms with Crippen molar-refractivity contribution in [2.24, 2.45) is 11.8 Å². The highest BCUT2D eigenvalue weighted by Gasteiger charge is 2.36. The highest BCUT2D eigenvalue weighted by molar-refractivity contribution is 5.82. The average Bonchev–Trinajstić information content (AvgIpc) is 3.30. The fraction of sp³-hybridized carbons (Fsp3) is 0.667. The molecule has 1 N–H and O–H groups in total. The lowest BCUT2D eigenvalue weighted by molar-refractivity contribution is -0.136. The van der Waals surface area contributed by atoms with E-state index in [2.05, 4.69) is 5.32 Å². The Hall–Kier alpha value is -1.82. The second-order valence-electron chi connectivity index (χ2n) is 7.11. The van der Waals surface area contributed by atoms with Gasteiger partial charge in [-0.3, -0.25) is 14.5 Å². The fourth-order valence-electron chi connectivity index (χ4n) is 3.31. The SMILES string of the molecule is CN(C)C(CNC(=O)C1CCN(C(=O)C2CC2)CC1)c1ccco1. The van der Waals surface area contributed by atoms with Crippen LogP contribution in [0.25, 0.3) is 0 Å². The number of carbonyl (C=O) groups excluding carboxylic acids is 2. The van der Waals surface area contributed by atoms with Gasteiger partial charge in [0.2, 0.25) is 11.8 Å². The quantitative estimate of drug-likeness (QED) is 0.860. The molecule has 2 heterocycles. The third-order valence-electron chi connectivity index (χ3n) is 5.07. The number of nitrogens with one attached hydrogen (secondary N) is 1. The van der Waals surface area contributed by atoms with Crippen molar-refractivity contribution in [3.05, 3.63) is 24.2 Å². The van der Waals surface area contributed by atoms with Gasteiger partial charge in [0.25, 0.3) is 0 Å². The van der Waals surface area contributed by atoms with Crippen molar-refractivity contribution in [3.63, 3.8) is 0 Å². The first kappa shape index (κ1) is 17.0. The summed E-state index contributed by atoms with van der Waals surface area (Å²) < 4.78 is 5.47. The molecular formula is C18H27N3O3. The molecule has 1 aliphatic heterocycles. The van der Waals surface area contributed by atoms with Crippen LogP contribution < -0.4 is 5.32 Å². The average molecular weight is 333 g/mol. The van der Waals surface area contributed by atoms with Crippen molar-refractivity contribution in [1.29, 1.82) is 0 Å². The Bertz CT molecular complexity index is 558. The largest absolute Gasteiger partial charge is 0.468 e. The molecule has 0 bridgehead atoms. The summed E-state index contributed by atoms with van der Waals surface area (Å²) in [4.78, 5) is 28.5. The number of hydrogen-bond acceptors (Lipinski definition) is 4. The first-order chi connectivity index (χ1) is 11.6. The van der Waals surface area contributed by atoms with E-state index in [4.69, 9.17) is 4.42 Å². The number of likely N-dealkylation sites (N-methyl/N-ethyl adjacent to an activating group) is 1. The lowest BCUT2D eigenvalue weighted by atomic mass is 9.95. The van der Waals surface area contributed by atoms with E-state index in [-0.39, 0.29) is 23.8 Å². The van der Waals surface area contributed by atoms with Gasteiger partial charge in [-0.05, 0) is 51.9 Å². The number of amides is 2. The van der Waals surface area contributed by atoms with Crippen LogP contribution in [-0.4, -0.2) is 55.3 Å². The molecule has 6 heteroatoms. The molecule has 2 amide bonds. The van der Waals surface area contributed by atoms with Crippen LogP contribution in [0.2, 0.25) is 0 Å². The molecule has 1 aromatic heterocycles. The Morgan fingerprint density at radius 1 is 1.25 bits per heavy atom. The molecule has 1 aromatic rings. The highest BCUT2D eigenvalue weighted by atomic mass is 16.3. The molecule has 1 saturated carbocycles. The van der Waals surface area contributed by atoms with Gasteiger partial charge in [-0.25, -0.2) is 0 Å². The molecule has 132 valence electrons. The van der Waals surface area contributed by atoms with Crippen molar-refractivity contribution in [1.82, 2.24) is 15.1 Å². The number of carbonyl (C=O) groups is 2. The summed E-state index contributed by atoms with van der Waals surface area (Å²) in [6.45, 7) is 1.95. The molecule has 3 rings (SSSR count). The molecule has 0 radical (unpaired) electrons. The van der Waals surface area contributed by atoms with E-state index in [1.54, 1.807) is 6.26 Å². The van der Waals surface area contributed by atoms with E-state index in [0.29, 0.717) is 25.5 Å². The monoisotopic (exact) mass is 333 g/mol. The second-order valence-corrected chi connectivity index (χ2v) is 7.11. The Morgan fingerprint density at radius 2 is 1.96 bits per heavy atom. The number of furan rings is 1. The van der Waals surface area contributed by atoms with Crippen molar-refractivity contribution < 1.29 is 14.0 Å². The van der Waals surface area contributed by atoms with Crippen LogP contribution in [0.3, 0.4) is 0 Å². The number of piperidine rings is 1. The van der Waals surface area contributed by atoms with Crippen LogP contribution in [0.15, 0.2) is 22.8 Å². The molecule has 24 heavy (non-hydrogen) atoms. The summed E-state index contributed by atoms with van der Waals surface area (Å²) in [6, 6.07) is 3.82. The number of hydrogen-bond donors (Lipinski definition) is 1. The van der Waals surface area contributed by atoms with Gasteiger partial charge in [-0.15, -0.1) is 0 Å². The summed E-state index contributed by atoms with van der Waals surface area (Å²) in [7, 11) is 3.95. The van der Waals surface area contributed by atoms with Crippen molar-refractivity contribution in [2.45, 2.75) is 31.7 Å². The van der Waals surface area contributed by atoms with Gasteiger partial charge in [-0.2, -0.15) is 0 Å². The third-order valence-corrected chi connectivity index (χ3v) is 5.07. The minimum Gasteiger partial charge on any atom is -0.468 e. The zero-order valence-corrected chi connectivity index (χ0v) is 14.5. The van der Waals surface area contributed by atoms with Crippen LogP contribution in [-0.2, 0) is 9.59 Å². The van der Waals surface area contributed by atoms with Crippen LogP contribution in [0.4, 0.5) is 0 Å². The number of nitrogens with zero attached hydrogens (tertiary/aromatic N) is 2. The Morgan fingerprint density at radius 3 is 2.50 bits per heavy atom. The second kappa shape index (κ2) is 7.38. The van der Waals surface area contributed by atoms with Crippen molar-refractivity contribution in [3.8, 4) is 0 Å². The van der Waals surface area contributed by atoms with E-state index in [9.17, 15) is 9.59 Å². The summed E-state index contributed by atoms with van der Waals surface area (Å²) in [5.74, 6) is 1.51. The molecular weight excluding hydrogens is 306 g/mol. The van der Waals surface area contributed by atoms with Crippen LogP contribution in [0.1, 0.15) is 37.5 Å². The zero-order chi connectivity index (χ0) is 17.1. The highest BCUT2D eigenvalue weighted by Crippen LogP contribution is 2.32. The van der Waals surface area contributed by atoms with Gasteiger partial charge in [-0.1, -0.05) is 0 Å². The van der Waals surface area contributed by atoms with E-state index in [1.807, 2.05) is 36.0 Å². The maximum absolute atomic E-state index is 12.5. The van der Waals surface area contributed by atoms with Gasteiger partial charge in [0.05, 0.1) is 12.3 Å². The predicted octanol–water partition coefficient (Wildman–Crippen LogP) is 1.65. The molecule has 0 aromatic carbocycles. The summed E-state index contributed by atoms with van der Waals surface area (Å²) in [6.07, 6.45) is 5.26. The molecule has 1 aliphatic carbocycles. The first-order valence-electron chi connectivity index (χ1n) is 8.82. The lowest BCUT2D eigenvalue weighted by Crippen LogP contribution is -2.44. The minimum atomic E-state index is 0.00710. The normalized spacial score (nSPS) is 20.2.